The average molecular weight is 445 g/mol. The molecule has 0 unspecified atom stereocenters. The highest BCUT2D eigenvalue weighted by atomic mass is 35.5. The zero-order valence-corrected chi connectivity index (χ0v) is 17.7. The minimum Gasteiger partial charge on any atom is -0.445 e. The second kappa shape index (κ2) is 10.4. The standard InChI is InChI=1S/C18H26Cl2N6O3/c1-25(17(27)16-21-23-24-22-16)5-2-12-3-6-26(7-4-12)18(28)29-11-13-8-14(19)10-15(20)9-13/h8-10,12,16,21-24H,2-7,11H2,1H3. The van der Waals surface area contributed by atoms with Gasteiger partial charge < -0.3 is 14.5 Å². The molecule has 2 amide bonds. The molecule has 4 N–H and O–H groups in total. The third kappa shape index (κ3) is 6.43. The van der Waals surface area contributed by atoms with Crippen molar-refractivity contribution in [3.63, 3.8) is 0 Å². The van der Waals surface area contributed by atoms with Crippen LogP contribution in [0.25, 0.3) is 0 Å². The molecular formula is C18H26Cl2N6O3. The van der Waals surface area contributed by atoms with Crippen LogP contribution in [0.3, 0.4) is 0 Å². The second-order valence-corrected chi connectivity index (χ2v) is 8.16. The number of nitrogens with zero attached hydrogens (tertiary/aromatic N) is 2. The maximum atomic E-state index is 12.3. The van der Waals surface area contributed by atoms with E-state index in [9.17, 15) is 9.59 Å². The number of carbonyl (C=O) groups excluding carboxylic acids is 2. The van der Waals surface area contributed by atoms with E-state index in [1.807, 2.05) is 0 Å². The molecule has 2 aliphatic heterocycles. The van der Waals surface area contributed by atoms with E-state index in [0.29, 0.717) is 35.6 Å². The number of likely N-dealkylation sites (tertiary alicyclic amines) is 1. The molecule has 0 radical (unpaired) electrons. The van der Waals surface area contributed by atoms with Gasteiger partial charge in [0.25, 0.3) is 5.91 Å². The van der Waals surface area contributed by atoms with Crippen LogP contribution in [0.5, 0.6) is 0 Å². The van der Waals surface area contributed by atoms with Gasteiger partial charge in [-0.3, -0.25) is 4.79 Å². The number of benzene rings is 1. The topological polar surface area (TPSA) is 98.0 Å². The van der Waals surface area contributed by atoms with Gasteiger partial charge in [0.1, 0.15) is 6.61 Å². The Morgan fingerprint density at radius 1 is 1.14 bits per heavy atom. The molecule has 2 aliphatic rings. The van der Waals surface area contributed by atoms with Crippen molar-refractivity contribution in [2.24, 2.45) is 5.92 Å². The first kappa shape index (κ1) is 22.1. The number of piperidine rings is 1. The van der Waals surface area contributed by atoms with Gasteiger partial charge in [-0.25, -0.2) is 15.6 Å². The van der Waals surface area contributed by atoms with Crippen LogP contribution in [0.2, 0.25) is 10.0 Å². The van der Waals surface area contributed by atoms with Crippen molar-refractivity contribution in [3.05, 3.63) is 33.8 Å². The lowest BCUT2D eigenvalue weighted by atomic mass is 9.93. The third-order valence-electron chi connectivity index (χ3n) is 5.15. The van der Waals surface area contributed by atoms with Gasteiger partial charge in [-0.15, -0.1) is 0 Å². The van der Waals surface area contributed by atoms with E-state index in [2.05, 4.69) is 21.9 Å². The van der Waals surface area contributed by atoms with Crippen molar-refractivity contribution in [2.45, 2.75) is 32.0 Å². The lowest BCUT2D eigenvalue weighted by Crippen LogP contribution is -2.49. The number of ether oxygens (including phenoxy) is 1. The van der Waals surface area contributed by atoms with Crippen molar-refractivity contribution >= 4 is 35.2 Å². The zero-order valence-electron chi connectivity index (χ0n) is 16.2. The molecule has 2 saturated heterocycles. The number of nitrogens with one attached hydrogen (secondary N) is 4. The monoisotopic (exact) mass is 444 g/mol. The van der Waals surface area contributed by atoms with Gasteiger partial charge in [-0.2, -0.15) is 11.1 Å². The maximum Gasteiger partial charge on any atom is 0.410 e. The first-order chi connectivity index (χ1) is 13.9. The fourth-order valence-corrected chi connectivity index (χ4v) is 3.99. The Morgan fingerprint density at radius 3 is 2.38 bits per heavy atom. The second-order valence-electron chi connectivity index (χ2n) is 7.28. The lowest BCUT2D eigenvalue weighted by molar-refractivity contribution is -0.132. The van der Waals surface area contributed by atoms with Gasteiger partial charge in [-0.05, 0) is 48.9 Å². The summed E-state index contributed by atoms with van der Waals surface area (Å²) in [6.07, 6.45) is 1.88. The number of amides is 2. The highest BCUT2D eigenvalue weighted by Gasteiger charge is 2.27. The Bertz CT molecular complexity index is 703. The van der Waals surface area contributed by atoms with E-state index >= 15 is 0 Å². The summed E-state index contributed by atoms with van der Waals surface area (Å²) in [5, 5.41) is 1.03. The number of halogens is 2. The summed E-state index contributed by atoms with van der Waals surface area (Å²) in [6.45, 7) is 2.11. The van der Waals surface area contributed by atoms with Gasteiger partial charge >= 0.3 is 6.09 Å². The van der Waals surface area contributed by atoms with E-state index in [1.165, 1.54) is 0 Å². The quantitative estimate of drug-likeness (QED) is 0.529. The Morgan fingerprint density at radius 2 is 1.76 bits per heavy atom. The molecule has 0 bridgehead atoms. The van der Waals surface area contributed by atoms with Crippen molar-refractivity contribution in [3.8, 4) is 0 Å². The van der Waals surface area contributed by atoms with Crippen LogP contribution in [0.4, 0.5) is 4.79 Å². The maximum absolute atomic E-state index is 12.3. The molecule has 160 valence electrons. The molecule has 1 aromatic rings. The minimum atomic E-state index is -0.481. The highest BCUT2D eigenvalue weighted by molar-refractivity contribution is 6.34. The first-order valence-electron chi connectivity index (χ1n) is 9.55. The summed E-state index contributed by atoms with van der Waals surface area (Å²) in [5.41, 5.74) is 11.6. The van der Waals surface area contributed by atoms with Crippen LogP contribution in [0, 0.1) is 5.92 Å². The van der Waals surface area contributed by atoms with Crippen molar-refractivity contribution < 1.29 is 14.3 Å². The summed E-state index contributed by atoms with van der Waals surface area (Å²) < 4.78 is 5.39. The molecule has 3 rings (SSSR count). The predicted octanol–water partition coefficient (Wildman–Crippen LogP) is 1.63. The van der Waals surface area contributed by atoms with Gasteiger partial charge in [-0.1, -0.05) is 23.2 Å². The van der Waals surface area contributed by atoms with Crippen LogP contribution < -0.4 is 21.9 Å². The van der Waals surface area contributed by atoms with E-state index in [0.717, 1.165) is 24.8 Å². The molecular weight excluding hydrogens is 419 g/mol. The molecule has 2 fully saturated rings. The number of hydrogen-bond donors (Lipinski definition) is 4. The normalized spacial score (nSPS) is 18.1. The predicted molar refractivity (Wildman–Crippen MR) is 110 cm³/mol. The largest absolute Gasteiger partial charge is 0.445 e. The molecule has 9 nitrogen and oxygen atoms in total. The molecule has 0 spiro atoms. The van der Waals surface area contributed by atoms with Gasteiger partial charge in [0.2, 0.25) is 0 Å². The SMILES string of the molecule is CN(CCC1CCN(C(=O)OCc2cc(Cl)cc(Cl)c2)CC1)C(=O)C1NNNN1. The Balaban J connectivity index is 1.36. The van der Waals surface area contributed by atoms with Crippen molar-refractivity contribution in [2.75, 3.05) is 26.7 Å². The summed E-state index contributed by atoms with van der Waals surface area (Å²) in [6, 6.07) is 5.10. The summed E-state index contributed by atoms with van der Waals surface area (Å²) in [5.74, 6) is 0.436. The fraction of sp³-hybridized carbons (Fsp3) is 0.556. The van der Waals surface area contributed by atoms with Gasteiger partial charge in [0.05, 0.1) is 0 Å². The molecule has 0 saturated carbocycles. The molecule has 0 aliphatic carbocycles. The molecule has 1 aromatic carbocycles. The fourth-order valence-electron chi connectivity index (χ4n) is 3.42. The average Bonchev–Trinajstić information content (AvgIpc) is 3.24. The van der Waals surface area contributed by atoms with Gasteiger partial charge in [0, 0.05) is 36.7 Å². The summed E-state index contributed by atoms with van der Waals surface area (Å²) in [4.78, 5) is 28.0. The Hall–Kier alpha value is -1.62. The summed E-state index contributed by atoms with van der Waals surface area (Å²) in [7, 11) is 1.79. The number of rotatable bonds is 6. The smallest absolute Gasteiger partial charge is 0.410 e. The van der Waals surface area contributed by atoms with Crippen LogP contribution in [-0.4, -0.2) is 54.6 Å². The highest BCUT2D eigenvalue weighted by Crippen LogP contribution is 2.23. The number of likely N-dealkylation sites (N-methyl/N-ethyl adjacent to an activating group) is 1. The Labute approximate surface area is 179 Å². The number of carbonyl (C=O) groups is 2. The summed E-state index contributed by atoms with van der Waals surface area (Å²) >= 11 is 11.9. The van der Waals surface area contributed by atoms with Crippen LogP contribution in [0.1, 0.15) is 24.8 Å². The van der Waals surface area contributed by atoms with Crippen LogP contribution >= 0.6 is 23.2 Å². The van der Waals surface area contributed by atoms with Crippen LogP contribution in [-0.2, 0) is 16.1 Å². The first-order valence-corrected chi connectivity index (χ1v) is 10.3. The van der Waals surface area contributed by atoms with E-state index < -0.39 is 6.17 Å². The van der Waals surface area contributed by atoms with Gasteiger partial charge in [0.15, 0.2) is 6.17 Å². The zero-order chi connectivity index (χ0) is 20.8. The lowest BCUT2D eigenvalue weighted by Gasteiger charge is -2.32. The molecule has 0 aromatic heterocycles. The van der Waals surface area contributed by atoms with Crippen LogP contribution in [0.15, 0.2) is 18.2 Å². The number of hydrogen-bond acceptors (Lipinski definition) is 7. The Kier molecular flexibility index (Phi) is 7.93. The molecule has 29 heavy (non-hydrogen) atoms. The number of hydrazine groups is 3. The minimum absolute atomic E-state index is 0.0374. The van der Waals surface area contributed by atoms with Crippen molar-refractivity contribution in [1.29, 1.82) is 0 Å². The third-order valence-corrected chi connectivity index (χ3v) is 5.59. The van der Waals surface area contributed by atoms with E-state index in [1.54, 1.807) is 35.0 Å². The molecule has 0 atom stereocenters. The van der Waals surface area contributed by atoms with E-state index in [-0.39, 0.29) is 18.6 Å². The van der Waals surface area contributed by atoms with Crippen molar-refractivity contribution in [1.82, 2.24) is 31.7 Å². The molecule has 2 heterocycles. The van der Waals surface area contributed by atoms with E-state index in [4.69, 9.17) is 27.9 Å². The molecule has 11 heteroatoms.